The summed E-state index contributed by atoms with van der Waals surface area (Å²) >= 11 is 0. The van der Waals surface area contributed by atoms with Gasteiger partial charge in [0.1, 0.15) is 5.69 Å². The minimum absolute atomic E-state index is 0.0769. The van der Waals surface area contributed by atoms with Crippen molar-refractivity contribution in [1.29, 1.82) is 0 Å². The fourth-order valence-electron chi connectivity index (χ4n) is 2.67. The number of alkyl halides is 3. The average Bonchev–Trinajstić information content (AvgIpc) is 2.91. The smallest absolute Gasteiger partial charge is 0.387 e. The molecule has 1 unspecified atom stereocenters. The molecule has 23 heavy (non-hydrogen) atoms. The Bertz CT molecular complexity index is 677. The molecule has 2 aromatic rings. The van der Waals surface area contributed by atoms with Crippen LogP contribution in [0.2, 0.25) is 0 Å². The van der Waals surface area contributed by atoms with Gasteiger partial charge in [-0.15, -0.1) is 5.10 Å². The van der Waals surface area contributed by atoms with E-state index in [1.807, 2.05) is 4.90 Å². The highest BCUT2D eigenvalue weighted by molar-refractivity contribution is 5.29. The minimum atomic E-state index is -4.33. The van der Waals surface area contributed by atoms with Crippen molar-refractivity contribution < 1.29 is 18.3 Å². The number of benzene rings is 1. The summed E-state index contributed by atoms with van der Waals surface area (Å²) in [7, 11) is 0. The SMILES string of the molecule is CC(O)c1cn(C2CN(Cc3ccccc3C(F)(F)F)C2)nn1. The molecule has 0 bridgehead atoms. The summed E-state index contributed by atoms with van der Waals surface area (Å²) in [5, 5.41) is 17.3. The van der Waals surface area contributed by atoms with Gasteiger partial charge in [-0.25, -0.2) is 4.68 Å². The second-order valence-corrected chi connectivity index (χ2v) is 5.80. The molecule has 1 aliphatic heterocycles. The standard InChI is InChI=1S/C15H17F3N4O/c1-10(23)14-9-22(20-19-14)12-7-21(8-12)6-11-4-2-3-5-13(11)15(16,17)18/h2-5,9-10,12,23H,6-8H2,1H3. The molecule has 0 spiro atoms. The number of nitrogens with zero attached hydrogens (tertiary/aromatic N) is 4. The largest absolute Gasteiger partial charge is 0.416 e. The predicted molar refractivity (Wildman–Crippen MR) is 76.4 cm³/mol. The van der Waals surface area contributed by atoms with E-state index in [9.17, 15) is 18.3 Å². The van der Waals surface area contributed by atoms with E-state index in [1.54, 1.807) is 23.9 Å². The van der Waals surface area contributed by atoms with Gasteiger partial charge >= 0.3 is 6.18 Å². The van der Waals surface area contributed by atoms with Crippen LogP contribution in [0.3, 0.4) is 0 Å². The van der Waals surface area contributed by atoms with Gasteiger partial charge in [0, 0.05) is 19.6 Å². The Morgan fingerprint density at radius 3 is 2.61 bits per heavy atom. The maximum absolute atomic E-state index is 13.0. The van der Waals surface area contributed by atoms with Crippen LogP contribution in [0.25, 0.3) is 0 Å². The van der Waals surface area contributed by atoms with Crippen LogP contribution >= 0.6 is 0 Å². The van der Waals surface area contributed by atoms with Gasteiger partial charge in [0.15, 0.2) is 0 Å². The summed E-state index contributed by atoms with van der Waals surface area (Å²) in [4.78, 5) is 1.93. The van der Waals surface area contributed by atoms with Crippen molar-refractivity contribution in [1.82, 2.24) is 19.9 Å². The van der Waals surface area contributed by atoms with Crippen LogP contribution in [0.15, 0.2) is 30.5 Å². The van der Waals surface area contributed by atoms with Crippen LogP contribution in [-0.4, -0.2) is 38.1 Å². The molecular weight excluding hydrogens is 309 g/mol. The molecule has 1 aromatic carbocycles. The van der Waals surface area contributed by atoms with Crippen molar-refractivity contribution >= 4 is 0 Å². The highest BCUT2D eigenvalue weighted by atomic mass is 19.4. The van der Waals surface area contributed by atoms with E-state index < -0.39 is 17.8 Å². The number of aliphatic hydroxyl groups excluding tert-OH is 1. The Balaban J connectivity index is 1.62. The quantitative estimate of drug-likeness (QED) is 0.937. The highest BCUT2D eigenvalue weighted by Crippen LogP contribution is 2.33. The lowest BCUT2D eigenvalue weighted by Gasteiger charge is -2.39. The van der Waals surface area contributed by atoms with E-state index in [-0.39, 0.29) is 18.2 Å². The first kappa shape index (κ1) is 15.9. The van der Waals surface area contributed by atoms with Crippen molar-refractivity contribution in [3.63, 3.8) is 0 Å². The van der Waals surface area contributed by atoms with Crippen molar-refractivity contribution in [3.05, 3.63) is 47.3 Å². The molecular formula is C15H17F3N4O. The van der Waals surface area contributed by atoms with Gasteiger partial charge in [0.05, 0.1) is 23.9 Å². The van der Waals surface area contributed by atoms with Crippen molar-refractivity contribution in [2.24, 2.45) is 0 Å². The van der Waals surface area contributed by atoms with Crippen LogP contribution in [0, 0.1) is 0 Å². The van der Waals surface area contributed by atoms with E-state index in [4.69, 9.17) is 0 Å². The fourth-order valence-corrected chi connectivity index (χ4v) is 2.67. The summed E-state index contributed by atoms with van der Waals surface area (Å²) in [5.74, 6) is 0. The molecule has 8 heteroatoms. The lowest BCUT2D eigenvalue weighted by Crippen LogP contribution is -2.47. The Labute approximate surface area is 131 Å². The second-order valence-electron chi connectivity index (χ2n) is 5.80. The molecule has 3 rings (SSSR count). The normalized spacial score (nSPS) is 18.0. The van der Waals surface area contributed by atoms with E-state index in [2.05, 4.69) is 10.3 Å². The van der Waals surface area contributed by atoms with E-state index in [0.717, 1.165) is 6.07 Å². The molecule has 1 atom stereocenters. The van der Waals surface area contributed by atoms with Gasteiger partial charge < -0.3 is 5.11 Å². The minimum Gasteiger partial charge on any atom is -0.387 e. The molecule has 1 N–H and O–H groups in total. The Hall–Kier alpha value is -1.93. The first-order valence-electron chi connectivity index (χ1n) is 7.32. The summed E-state index contributed by atoms with van der Waals surface area (Å²) in [6.45, 7) is 3.07. The third-order valence-corrected chi connectivity index (χ3v) is 3.98. The molecule has 0 saturated carbocycles. The zero-order valence-electron chi connectivity index (χ0n) is 12.5. The number of rotatable bonds is 4. The zero-order valence-corrected chi connectivity index (χ0v) is 12.5. The van der Waals surface area contributed by atoms with Crippen LogP contribution < -0.4 is 0 Å². The van der Waals surface area contributed by atoms with Crippen LogP contribution in [0.4, 0.5) is 13.2 Å². The van der Waals surface area contributed by atoms with Gasteiger partial charge in [0.2, 0.25) is 0 Å². The number of hydrogen-bond acceptors (Lipinski definition) is 4. The van der Waals surface area contributed by atoms with Gasteiger partial charge in [-0.05, 0) is 18.6 Å². The summed E-state index contributed by atoms with van der Waals surface area (Å²) in [6, 6.07) is 5.72. The third kappa shape index (κ3) is 3.37. The lowest BCUT2D eigenvalue weighted by atomic mass is 10.0. The van der Waals surface area contributed by atoms with Crippen LogP contribution in [0.1, 0.15) is 35.9 Å². The molecule has 2 heterocycles. The maximum atomic E-state index is 13.0. The van der Waals surface area contributed by atoms with Crippen LogP contribution in [0.5, 0.6) is 0 Å². The van der Waals surface area contributed by atoms with Gasteiger partial charge in [0.25, 0.3) is 0 Å². The average molecular weight is 326 g/mol. The first-order valence-corrected chi connectivity index (χ1v) is 7.32. The molecule has 1 fully saturated rings. The van der Waals surface area contributed by atoms with Gasteiger partial charge in [-0.2, -0.15) is 13.2 Å². The lowest BCUT2D eigenvalue weighted by molar-refractivity contribution is -0.138. The van der Waals surface area contributed by atoms with Crippen molar-refractivity contribution in [2.75, 3.05) is 13.1 Å². The Morgan fingerprint density at radius 1 is 1.30 bits per heavy atom. The maximum Gasteiger partial charge on any atom is 0.416 e. The Morgan fingerprint density at radius 2 is 2.00 bits per heavy atom. The molecule has 1 saturated heterocycles. The third-order valence-electron chi connectivity index (χ3n) is 3.98. The summed E-state index contributed by atoms with van der Waals surface area (Å²) < 4.78 is 40.6. The predicted octanol–water partition coefficient (Wildman–Crippen LogP) is 2.41. The topological polar surface area (TPSA) is 54.2 Å². The monoisotopic (exact) mass is 326 g/mol. The van der Waals surface area contributed by atoms with Gasteiger partial charge in [-0.1, -0.05) is 23.4 Å². The molecule has 1 aromatic heterocycles. The second kappa shape index (κ2) is 5.93. The van der Waals surface area contributed by atoms with E-state index in [1.165, 1.54) is 12.1 Å². The van der Waals surface area contributed by atoms with Crippen molar-refractivity contribution in [3.8, 4) is 0 Å². The number of halogens is 3. The number of hydrogen-bond donors (Lipinski definition) is 1. The summed E-state index contributed by atoms with van der Waals surface area (Å²) in [6.07, 6.45) is -3.34. The van der Waals surface area contributed by atoms with Crippen molar-refractivity contribution in [2.45, 2.75) is 31.8 Å². The highest BCUT2D eigenvalue weighted by Gasteiger charge is 2.35. The molecule has 5 nitrogen and oxygen atoms in total. The molecule has 1 aliphatic rings. The Kier molecular flexibility index (Phi) is 4.11. The molecule has 0 aliphatic carbocycles. The fraction of sp³-hybridized carbons (Fsp3) is 0.467. The number of aromatic nitrogens is 3. The molecule has 124 valence electrons. The molecule has 0 radical (unpaired) electrons. The zero-order chi connectivity index (χ0) is 16.6. The van der Waals surface area contributed by atoms with E-state index >= 15 is 0 Å². The number of likely N-dealkylation sites (tertiary alicyclic amines) is 1. The first-order chi connectivity index (χ1) is 10.8. The summed E-state index contributed by atoms with van der Waals surface area (Å²) in [5.41, 5.74) is 0.188. The molecule has 0 amide bonds. The van der Waals surface area contributed by atoms with Gasteiger partial charge in [-0.3, -0.25) is 4.90 Å². The van der Waals surface area contributed by atoms with E-state index in [0.29, 0.717) is 18.8 Å². The van der Waals surface area contributed by atoms with Crippen LogP contribution in [-0.2, 0) is 12.7 Å². The number of aliphatic hydroxyl groups is 1.